The summed E-state index contributed by atoms with van der Waals surface area (Å²) < 4.78 is 0. The van der Waals surface area contributed by atoms with E-state index >= 15 is 0 Å². The average Bonchev–Trinajstić information content (AvgIpc) is 2.52. The molecular formula is C15H32N4O3S2. The second kappa shape index (κ2) is 17.3. The van der Waals surface area contributed by atoms with Crippen molar-refractivity contribution in [2.75, 3.05) is 44.3 Å². The summed E-state index contributed by atoms with van der Waals surface area (Å²) in [5.74, 6) is 1.72. The molecule has 0 aliphatic carbocycles. The zero-order valence-corrected chi connectivity index (χ0v) is 16.1. The first-order valence-corrected chi connectivity index (χ1v) is 10.9. The lowest BCUT2D eigenvalue weighted by Crippen LogP contribution is -2.31. The van der Waals surface area contributed by atoms with Gasteiger partial charge in [0.25, 0.3) is 0 Å². The van der Waals surface area contributed by atoms with Crippen molar-refractivity contribution in [3.8, 4) is 0 Å². The molecule has 0 saturated heterocycles. The summed E-state index contributed by atoms with van der Waals surface area (Å²) >= 11 is 0. The molecule has 7 nitrogen and oxygen atoms in total. The predicted octanol–water partition coefficient (Wildman–Crippen LogP) is 0.0897. The molecule has 0 saturated carbocycles. The number of nitrogens with two attached hydrogens (primary N) is 1. The van der Waals surface area contributed by atoms with Crippen LogP contribution in [0.25, 0.3) is 0 Å². The van der Waals surface area contributed by atoms with Crippen molar-refractivity contribution in [2.45, 2.75) is 38.6 Å². The number of rotatable bonds is 16. The molecular weight excluding hydrogens is 348 g/mol. The van der Waals surface area contributed by atoms with E-state index in [9.17, 15) is 9.59 Å². The van der Waals surface area contributed by atoms with Gasteiger partial charge in [0.1, 0.15) is 0 Å². The summed E-state index contributed by atoms with van der Waals surface area (Å²) in [7, 11) is 3.37. The Morgan fingerprint density at radius 1 is 1.00 bits per heavy atom. The predicted molar refractivity (Wildman–Crippen MR) is 103 cm³/mol. The second-order valence-corrected chi connectivity index (χ2v) is 8.16. The fourth-order valence-corrected chi connectivity index (χ4v) is 3.54. The van der Waals surface area contributed by atoms with Gasteiger partial charge in [0.2, 0.25) is 11.8 Å². The Bertz CT molecular complexity index is 334. The lowest BCUT2D eigenvalue weighted by atomic mass is 10.2. The molecule has 2 amide bonds. The second-order valence-electron chi connectivity index (χ2n) is 5.46. The summed E-state index contributed by atoms with van der Waals surface area (Å²) in [4.78, 5) is 22.9. The van der Waals surface area contributed by atoms with E-state index in [1.807, 2.05) is 6.92 Å². The minimum Gasteiger partial charge on any atom is -0.396 e. The molecule has 0 aromatic heterocycles. The van der Waals surface area contributed by atoms with Crippen molar-refractivity contribution in [2.24, 2.45) is 5.73 Å². The molecule has 142 valence electrons. The Balaban J connectivity index is 3.26. The molecule has 0 aromatic rings. The fraction of sp³-hybridized carbons (Fsp3) is 0.867. The Morgan fingerprint density at radius 3 is 2.21 bits per heavy atom. The summed E-state index contributed by atoms with van der Waals surface area (Å²) in [5, 5.41) is 17.5. The van der Waals surface area contributed by atoms with Crippen LogP contribution >= 0.6 is 21.6 Å². The smallest absolute Gasteiger partial charge is 0.221 e. The zero-order chi connectivity index (χ0) is 18.0. The molecule has 0 rings (SSSR count). The molecule has 0 fully saturated rings. The molecule has 1 unspecified atom stereocenters. The maximum Gasteiger partial charge on any atom is 0.221 e. The molecule has 24 heavy (non-hydrogen) atoms. The lowest BCUT2D eigenvalue weighted by Gasteiger charge is -2.07. The van der Waals surface area contributed by atoms with Crippen molar-refractivity contribution in [3.63, 3.8) is 0 Å². The fourth-order valence-electron chi connectivity index (χ4n) is 1.72. The van der Waals surface area contributed by atoms with Gasteiger partial charge in [-0.1, -0.05) is 21.6 Å². The third kappa shape index (κ3) is 17.9. The van der Waals surface area contributed by atoms with Crippen LogP contribution in [0, 0.1) is 0 Å². The van der Waals surface area contributed by atoms with E-state index in [0.717, 1.165) is 30.9 Å². The Kier molecular flexibility index (Phi) is 17.0. The lowest BCUT2D eigenvalue weighted by molar-refractivity contribution is -0.121. The van der Waals surface area contributed by atoms with Crippen LogP contribution in [0.1, 0.15) is 32.6 Å². The molecule has 0 heterocycles. The normalized spacial score (nSPS) is 12.0. The standard InChI is InChI=1S/C15H32N4O3S2/c1-13(16)12-15(22)19-8-11-24-23-10-7-18-14(21)4-6-17-5-2-3-9-20/h13,17,20H,2-12,16H2,1H3,(H,18,21)(H,19,22). The van der Waals surface area contributed by atoms with Gasteiger partial charge < -0.3 is 26.8 Å². The first-order chi connectivity index (χ1) is 11.6. The number of hydrogen-bond donors (Lipinski definition) is 5. The Morgan fingerprint density at radius 2 is 1.62 bits per heavy atom. The van der Waals surface area contributed by atoms with E-state index in [0.29, 0.717) is 32.5 Å². The first kappa shape index (κ1) is 23.5. The molecule has 0 spiro atoms. The van der Waals surface area contributed by atoms with Crippen LogP contribution in [0.15, 0.2) is 0 Å². The van der Waals surface area contributed by atoms with Gasteiger partial charge in [-0.15, -0.1) is 0 Å². The third-order valence-corrected chi connectivity index (χ3v) is 5.30. The van der Waals surface area contributed by atoms with E-state index in [1.165, 1.54) is 0 Å². The van der Waals surface area contributed by atoms with Gasteiger partial charge in [0.15, 0.2) is 0 Å². The highest BCUT2D eigenvalue weighted by Gasteiger charge is 2.04. The monoisotopic (exact) mass is 380 g/mol. The van der Waals surface area contributed by atoms with E-state index in [-0.39, 0.29) is 24.5 Å². The van der Waals surface area contributed by atoms with Crippen molar-refractivity contribution in [1.29, 1.82) is 0 Å². The van der Waals surface area contributed by atoms with Crippen molar-refractivity contribution < 1.29 is 14.7 Å². The van der Waals surface area contributed by atoms with E-state index in [4.69, 9.17) is 10.8 Å². The highest BCUT2D eigenvalue weighted by atomic mass is 33.1. The Labute approximate surface area is 153 Å². The molecule has 0 radical (unpaired) electrons. The van der Waals surface area contributed by atoms with Crippen LogP contribution in [-0.4, -0.2) is 67.3 Å². The van der Waals surface area contributed by atoms with Gasteiger partial charge >= 0.3 is 0 Å². The van der Waals surface area contributed by atoms with Gasteiger partial charge in [-0.2, -0.15) is 0 Å². The number of unbranched alkanes of at least 4 members (excludes halogenated alkanes) is 1. The number of aliphatic hydroxyl groups excluding tert-OH is 1. The van der Waals surface area contributed by atoms with Crippen LogP contribution in [0.3, 0.4) is 0 Å². The summed E-state index contributed by atoms with van der Waals surface area (Å²) in [5.41, 5.74) is 5.54. The van der Waals surface area contributed by atoms with Crippen molar-refractivity contribution in [1.82, 2.24) is 16.0 Å². The van der Waals surface area contributed by atoms with Crippen LogP contribution in [0.4, 0.5) is 0 Å². The summed E-state index contributed by atoms with van der Waals surface area (Å²) in [6, 6.07) is -0.105. The summed E-state index contributed by atoms with van der Waals surface area (Å²) in [6.45, 7) is 4.82. The molecule has 9 heteroatoms. The molecule has 0 aromatic carbocycles. The molecule has 1 atom stereocenters. The van der Waals surface area contributed by atoms with Crippen molar-refractivity contribution in [3.05, 3.63) is 0 Å². The quantitative estimate of drug-likeness (QED) is 0.190. The largest absolute Gasteiger partial charge is 0.396 e. The maximum atomic E-state index is 11.6. The van der Waals surface area contributed by atoms with Gasteiger partial charge in [-0.05, 0) is 26.3 Å². The molecule has 0 aliphatic rings. The van der Waals surface area contributed by atoms with Gasteiger partial charge in [-0.25, -0.2) is 0 Å². The maximum absolute atomic E-state index is 11.6. The summed E-state index contributed by atoms with van der Waals surface area (Å²) in [6.07, 6.45) is 2.56. The van der Waals surface area contributed by atoms with Gasteiger partial charge in [0, 0.05) is 56.6 Å². The van der Waals surface area contributed by atoms with Gasteiger partial charge in [-0.3, -0.25) is 9.59 Å². The molecule has 0 bridgehead atoms. The number of hydrogen-bond acceptors (Lipinski definition) is 7. The Hall–Kier alpha value is -0.480. The van der Waals surface area contributed by atoms with Gasteiger partial charge in [0.05, 0.1) is 0 Å². The van der Waals surface area contributed by atoms with E-state index in [1.54, 1.807) is 21.6 Å². The zero-order valence-electron chi connectivity index (χ0n) is 14.5. The number of aliphatic hydroxyl groups is 1. The topological polar surface area (TPSA) is 116 Å². The van der Waals surface area contributed by atoms with Crippen LogP contribution in [0.5, 0.6) is 0 Å². The third-order valence-electron chi connectivity index (χ3n) is 2.90. The number of carbonyl (C=O) groups excluding carboxylic acids is 2. The molecule has 0 aliphatic heterocycles. The van der Waals surface area contributed by atoms with E-state index in [2.05, 4.69) is 16.0 Å². The number of carbonyl (C=O) groups is 2. The molecule has 6 N–H and O–H groups in total. The minimum absolute atomic E-state index is 0.00664. The minimum atomic E-state index is -0.105. The van der Waals surface area contributed by atoms with Crippen molar-refractivity contribution >= 4 is 33.4 Å². The van der Waals surface area contributed by atoms with E-state index < -0.39 is 0 Å². The first-order valence-electron chi connectivity index (χ1n) is 8.41. The highest BCUT2D eigenvalue weighted by molar-refractivity contribution is 8.76. The number of nitrogens with one attached hydrogen (secondary N) is 3. The van der Waals surface area contributed by atoms with Crippen LogP contribution < -0.4 is 21.7 Å². The SMILES string of the molecule is CC(N)CC(=O)NCCSSCCNC(=O)CCNCCCCO. The van der Waals surface area contributed by atoms with Crippen LogP contribution in [-0.2, 0) is 9.59 Å². The highest BCUT2D eigenvalue weighted by Crippen LogP contribution is 2.19. The average molecular weight is 381 g/mol. The van der Waals surface area contributed by atoms with Crippen LogP contribution in [0.2, 0.25) is 0 Å². The number of amides is 2.